The van der Waals surface area contributed by atoms with E-state index in [0.717, 1.165) is 32.3 Å². The van der Waals surface area contributed by atoms with Crippen LogP contribution in [0.15, 0.2) is 0 Å². The van der Waals surface area contributed by atoms with Gasteiger partial charge in [0.25, 0.3) is 0 Å². The lowest BCUT2D eigenvalue weighted by Crippen LogP contribution is -2.55. The molecule has 1 rings (SSSR count). The molecule has 2 unspecified atom stereocenters. The molecule has 2 nitrogen and oxygen atoms in total. The first-order valence-corrected chi connectivity index (χ1v) is 6.98. The molecule has 0 spiro atoms. The average Bonchev–Trinajstić information content (AvgIpc) is 2.29. The zero-order chi connectivity index (χ0) is 12.0. The molecule has 0 aromatic heterocycles. The molecule has 3 heteroatoms. The van der Waals surface area contributed by atoms with E-state index in [2.05, 4.69) is 20.8 Å². The SMILES string of the molecule is CCCOCCOC1CC(Cl)C1(CC)CC. The van der Waals surface area contributed by atoms with Gasteiger partial charge in [-0.3, -0.25) is 0 Å². The Labute approximate surface area is 105 Å². The molecule has 1 aliphatic rings. The number of rotatable bonds is 8. The van der Waals surface area contributed by atoms with Gasteiger partial charge in [0, 0.05) is 17.4 Å². The van der Waals surface area contributed by atoms with Crippen molar-refractivity contribution in [3.63, 3.8) is 0 Å². The first-order chi connectivity index (χ1) is 7.71. The highest BCUT2D eigenvalue weighted by molar-refractivity contribution is 6.21. The van der Waals surface area contributed by atoms with Gasteiger partial charge in [-0.25, -0.2) is 0 Å². The summed E-state index contributed by atoms with van der Waals surface area (Å²) in [6.45, 7) is 8.78. The van der Waals surface area contributed by atoms with Gasteiger partial charge in [-0.15, -0.1) is 11.6 Å². The van der Waals surface area contributed by atoms with Crippen LogP contribution in [0, 0.1) is 5.41 Å². The molecular formula is C13H25ClO2. The molecular weight excluding hydrogens is 224 g/mol. The van der Waals surface area contributed by atoms with E-state index in [-0.39, 0.29) is 5.41 Å². The van der Waals surface area contributed by atoms with Crippen molar-refractivity contribution in [3.8, 4) is 0 Å². The zero-order valence-electron chi connectivity index (χ0n) is 10.8. The van der Waals surface area contributed by atoms with E-state index in [1.54, 1.807) is 0 Å². The van der Waals surface area contributed by atoms with E-state index >= 15 is 0 Å². The van der Waals surface area contributed by atoms with Crippen LogP contribution in [0.3, 0.4) is 0 Å². The Bertz CT molecular complexity index is 192. The van der Waals surface area contributed by atoms with Crippen molar-refractivity contribution in [2.45, 2.75) is 57.9 Å². The third-order valence-electron chi connectivity index (χ3n) is 3.90. The van der Waals surface area contributed by atoms with Gasteiger partial charge in [0.15, 0.2) is 0 Å². The fourth-order valence-electron chi connectivity index (χ4n) is 2.58. The Morgan fingerprint density at radius 1 is 1.12 bits per heavy atom. The summed E-state index contributed by atoms with van der Waals surface area (Å²) in [5.41, 5.74) is 0.215. The lowest BCUT2D eigenvalue weighted by Gasteiger charge is -2.52. The number of halogens is 1. The second-order valence-electron chi connectivity index (χ2n) is 4.62. The minimum absolute atomic E-state index is 0.215. The molecule has 1 fully saturated rings. The highest BCUT2D eigenvalue weighted by atomic mass is 35.5. The molecule has 0 amide bonds. The van der Waals surface area contributed by atoms with Crippen LogP contribution < -0.4 is 0 Å². The Balaban J connectivity index is 2.22. The topological polar surface area (TPSA) is 18.5 Å². The van der Waals surface area contributed by atoms with E-state index in [1.807, 2.05) is 0 Å². The molecule has 0 aromatic carbocycles. The maximum Gasteiger partial charge on any atom is 0.0704 e. The number of alkyl halides is 1. The second-order valence-corrected chi connectivity index (χ2v) is 5.14. The monoisotopic (exact) mass is 248 g/mol. The summed E-state index contributed by atoms with van der Waals surface area (Å²) < 4.78 is 11.3. The van der Waals surface area contributed by atoms with Crippen molar-refractivity contribution in [2.24, 2.45) is 5.41 Å². The summed E-state index contributed by atoms with van der Waals surface area (Å²) >= 11 is 6.32. The van der Waals surface area contributed by atoms with Crippen molar-refractivity contribution < 1.29 is 9.47 Å². The van der Waals surface area contributed by atoms with Crippen LogP contribution in [-0.4, -0.2) is 31.3 Å². The first kappa shape index (κ1) is 14.3. The molecule has 0 N–H and O–H groups in total. The molecule has 96 valence electrons. The summed E-state index contributed by atoms with van der Waals surface area (Å²) in [6, 6.07) is 0. The van der Waals surface area contributed by atoms with Crippen molar-refractivity contribution in [1.82, 2.24) is 0 Å². The quantitative estimate of drug-likeness (QED) is 0.483. The molecule has 0 aliphatic heterocycles. The van der Waals surface area contributed by atoms with Gasteiger partial charge in [0.2, 0.25) is 0 Å². The zero-order valence-corrected chi connectivity index (χ0v) is 11.6. The van der Waals surface area contributed by atoms with Crippen molar-refractivity contribution >= 4 is 11.6 Å². The molecule has 1 saturated carbocycles. The molecule has 16 heavy (non-hydrogen) atoms. The average molecular weight is 249 g/mol. The normalized spacial score (nSPS) is 27.8. The van der Waals surface area contributed by atoms with Gasteiger partial charge in [-0.05, 0) is 25.7 Å². The predicted octanol–water partition coefficient (Wildman–Crippen LogP) is 3.62. The van der Waals surface area contributed by atoms with E-state index in [1.165, 1.54) is 0 Å². The summed E-state index contributed by atoms with van der Waals surface area (Å²) in [5.74, 6) is 0. The fraction of sp³-hybridized carbons (Fsp3) is 1.00. The minimum atomic E-state index is 0.215. The van der Waals surface area contributed by atoms with Crippen LogP contribution in [-0.2, 0) is 9.47 Å². The second kappa shape index (κ2) is 6.83. The number of hydrogen-bond donors (Lipinski definition) is 0. The Kier molecular flexibility index (Phi) is 6.09. The van der Waals surface area contributed by atoms with Gasteiger partial charge in [-0.2, -0.15) is 0 Å². The molecule has 0 aromatic rings. The van der Waals surface area contributed by atoms with Crippen LogP contribution in [0.2, 0.25) is 0 Å². The summed E-state index contributed by atoms with van der Waals surface area (Å²) in [4.78, 5) is 0. The van der Waals surface area contributed by atoms with Gasteiger partial charge >= 0.3 is 0 Å². The van der Waals surface area contributed by atoms with Gasteiger partial charge < -0.3 is 9.47 Å². The number of ether oxygens (including phenoxy) is 2. The molecule has 0 bridgehead atoms. The fourth-order valence-corrected chi connectivity index (χ4v) is 3.19. The summed E-state index contributed by atoms with van der Waals surface area (Å²) in [7, 11) is 0. The third kappa shape index (κ3) is 2.91. The van der Waals surface area contributed by atoms with Crippen molar-refractivity contribution in [1.29, 1.82) is 0 Å². The maximum atomic E-state index is 6.32. The smallest absolute Gasteiger partial charge is 0.0704 e. The Hall–Kier alpha value is 0.210. The number of hydrogen-bond acceptors (Lipinski definition) is 2. The lowest BCUT2D eigenvalue weighted by atomic mass is 9.62. The van der Waals surface area contributed by atoms with Crippen LogP contribution in [0.5, 0.6) is 0 Å². The first-order valence-electron chi connectivity index (χ1n) is 6.54. The van der Waals surface area contributed by atoms with Crippen molar-refractivity contribution in [3.05, 3.63) is 0 Å². The van der Waals surface area contributed by atoms with Crippen molar-refractivity contribution in [2.75, 3.05) is 19.8 Å². The van der Waals surface area contributed by atoms with Crippen LogP contribution in [0.4, 0.5) is 0 Å². The van der Waals surface area contributed by atoms with Crippen LogP contribution in [0.1, 0.15) is 46.5 Å². The highest BCUT2D eigenvalue weighted by Gasteiger charge is 2.52. The van der Waals surface area contributed by atoms with E-state index < -0.39 is 0 Å². The van der Waals surface area contributed by atoms with Crippen LogP contribution in [0.25, 0.3) is 0 Å². The Morgan fingerprint density at radius 3 is 2.31 bits per heavy atom. The van der Waals surface area contributed by atoms with Gasteiger partial charge in [0.1, 0.15) is 0 Å². The highest BCUT2D eigenvalue weighted by Crippen LogP contribution is 2.51. The molecule has 1 aliphatic carbocycles. The molecule has 2 atom stereocenters. The Morgan fingerprint density at radius 2 is 1.81 bits per heavy atom. The van der Waals surface area contributed by atoms with E-state index in [4.69, 9.17) is 21.1 Å². The van der Waals surface area contributed by atoms with Crippen LogP contribution >= 0.6 is 11.6 Å². The van der Waals surface area contributed by atoms with Gasteiger partial charge in [0.05, 0.1) is 19.3 Å². The maximum absolute atomic E-state index is 6.32. The molecule has 0 radical (unpaired) electrons. The third-order valence-corrected chi connectivity index (χ3v) is 4.51. The summed E-state index contributed by atoms with van der Waals surface area (Å²) in [6.07, 6.45) is 4.63. The largest absolute Gasteiger partial charge is 0.379 e. The molecule has 0 saturated heterocycles. The standard InChI is InChI=1S/C13H25ClO2/c1-4-7-15-8-9-16-12-10-11(14)13(12,5-2)6-3/h11-12H,4-10H2,1-3H3. The van der Waals surface area contributed by atoms with E-state index in [9.17, 15) is 0 Å². The minimum Gasteiger partial charge on any atom is -0.379 e. The van der Waals surface area contributed by atoms with Gasteiger partial charge in [-0.1, -0.05) is 20.8 Å². The lowest BCUT2D eigenvalue weighted by molar-refractivity contribution is -0.122. The summed E-state index contributed by atoms with van der Waals surface area (Å²) in [5, 5.41) is 0.295. The molecule has 0 heterocycles. The predicted molar refractivity (Wildman–Crippen MR) is 68.1 cm³/mol. The van der Waals surface area contributed by atoms with E-state index in [0.29, 0.717) is 24.7 Å².